The molecule has 0 fully saturated rings. The number of tetrazole rings is 1. The van der Waals surface area contributed by atoms with Crippen molar-refractivity contribution in [3.8, 4) is 11.4 Å². The quantitative estimate of drug-likeness (QED) is 0.794. The summed E-state index contributed by atoms with van der Waals surface area (Å²) in [5, 5.41) is 12.4. The van der Waals surface area contributed by atoms with Gasteiger partial charge in [-0.1, -0.05) is 35.5 Å². The Balaban J connectivity index is 2.36. The van der Waals surface area contributed by atoms with Gasteiger partial charge in [-0.15, -0.1) is 5.10 Å². The van der Waals surface area contributed by atoms with Gasteiger partial charge in [0.1, 0.15) is 11.4 Å². The van der Waals surface area contributed by atoms with Gasteiger partial charge in [0.05, 0.1) is 7.11 Å². The van der Waals surface area contributed by atoms with Gasteiger partial charge >= 0.3 is 0 Å². The molecule has 1 aromatic carbocycles. The second-order valence-corrected chi connectivity index (χ2v) is 4.96. The van der Waals surface area contributed by atoms with E-state index in [1.807, 2.05) is 31.2 Å². The summed E-state index contributed by atoms with van der Waals surface area (Å²) < 4.78 is 7.01. The number of thioether (sulfide) groups is 1. The normalized spacial score (nSPS) is 11.1. The van der Waals surface area contributed by atoms with E-state index in [0.29, 0.717) is 10.9 Å². The van der Waals surface area contributed by atoms with Gasteiger partial charge in [-0.05, 0) is 35.0 Å². The lowest BCUT2D eigenvalue weighted by atomic mass is 10.2. The Morgan fingerprint density at radius 3 is 3.05 bits per heavy atom. The first-order valence-corrected chi connectivity index (χ1v) is 7.00. The number of methoxy groups -OCH3 is 1. The predicted octanol–water partition coefficient (Wildman–Crippen LogP) is 2.82. The maximum atomic E-state index is 5.49. The van der Waals surface area contributed by atoms with Crippen molar-refractivity contribution in [3.05, 3.63) is 35.4 Å². The van der Waals surface area contributed by atoms with Crippen molar-refractivity contribution >= 4 is 23.4 Å². The summed E-state index contributed by atoms with van der Waals surface area (Å²) in [6.07, 6.45) is 1.83. The molecule has 0 aliphatic rings. The standard InChI is InChI=1S/C12H13ClN4OS/c1-9-4-5-11(18-2)10(8-9)17-12(14-15-16-17)19-7-3-6-13/h3-6,8H,7H2,1-2H3. The maximum absolute atomic E-state index is 5.49. The van der Waals surface area contributed by atoms with Crippen LogP contribution in [0, 0.1) is 6.92 Å². The summed E-state index contributed by atoms with van der Waals surface area (Å²) in [4.78, 5) is 0. The van der Waals surface area contributed by atoms with Crippen molar-refractivity contribution in [2.45, 2.75) is 12.1 Å². The molecule has 19 heavy (non-hydrogen) atoms. The first-order chi connectivity index (χ1) is 9.26. The van der Waals surface area contributed by atoms with Crippen LogP contribution in [0.25, 0.3) is 5.69 Å². The van der Waals surface area contributed by atoms with Gasteiger partial charge in [-0.3, -0.25) is 0 Å². The molecule has 0 bridgehead atoms. The Morgan fingerprint density at radius 2 is 2.32 bits per heavy atom. The zero-order valence-electron chi connectivity index (χ0n) is 10.6. The molecule has 0 amide bonds. The zero-order chi connectivity index (χ0) is 13.7. The monoisotopic (exact) mass is 296 g/mol. The topological polar surface area (TPSA) is 52.8 Å². The van der Waals surface area contributed by atoms with E-state index in [1.54, 1.807) is 11.8 Å². The molecule has 5 nitrogen and oxygen atoms in total. The Morgan fingerprint density at radius 1 is 1.47 bits per heavy atom. The largest absolute Gasteiger partial charge is 0.494 e. The summed E-state index contributed by atoms with van der Waals surface area (Å²) >= 11 is 6.99. The molecule has 0 saturated carbocycles. The Hall–Kier alpha value is -1.53. The number of hydrogen-bond acceptors (Lipinski definition) is 5. The molecule has 0 spiro atoms. The SMILES string of the molecule is COc1ccc(C)cc1-n1nnnc1SCC=CCl. The summed E-state index contributed by atoms with van der Waals surface area (Å²) in [6.45, 7) is 2.01. The Bertz CT molecular complexity index is 585. The van der Waals surface area contributed by atoms with E-state index < -0.39 is 0 Å². The first-order valence-electron chi connectivity index (χ1n) is 5.57. The molecule has 0 aliphatic carbocycles. The average Bonchev–Trinajstić information content (AvgIpc) is 2.87. The number of hydrogen-bond donors (Lipinski definition) is 0. The van der Waals surface area contributed by atoms with Crippen LogP contribution in [0.1, 0.15) is 5.56 Å². The fourth-order valence-corrected chi connectivity index (χ4v) is 2.43. The van der Waals surface area contributed by atoms with Crippen molar-refractivity contribution in [1.29, 1.82) is 0 Å². The van der Waals surface area contributed by atoms with Crippen molar-refractivity contribution in [2.75, 3.05) is 12.9 Å². The van der Waals surface area contributed by atoms with E-state index in [9.17, 15) is 0 Å². The van der Waals surface area contributed by atoms with E-state index in [0.717, 1.165) is 17.0 Å². The summed E-state index contributed by atoms with van der Waals surface area (Å²) in [5.74, 6) is 1.44. The fraction of sp³-hybridized carbons (Fsp3) is 0.250. The molecular formula is C12H13ClN4OS. The van der Waals surface area contributed by atoms with Crippen molar-refractivity contribution < 1.29 is 4.74 Å². The van der Waals surface area contributed by atoms with E-state index in [4.69, 9.17) is 16.3 Å². The van der Waals surface area contributed by atoms with Crippen LogP contribution in [0.2, 0.25) is 0 Å². The van der Waals surface area contributed by atoms with Gasteiger partial charge in [-0.25, -0.2) is 0 Å². The first kappa shape index (κ1) is 13.9. The molecule has 0 N–H and O–H groups in total. The van der Waals surface area contributed by atoms with Crippen molar-refractivity contribution in [2.24, 2.45) is 0 Å². The van der Waals surface area contributed by atoms with Crippen LogP contribution in [-0.4, -0.2) is 33.1 Å². The molecule has 0 atom stereocenters. The number of ether oxygens (including phenoxy) is 1. The molecular weight excluding hydrogens is 284 g/mol. The number of rotatable bonds is 5. The smallest absolute Gasteiger partial charge is 0.214 e. The predicted molar refractivity (Wildman–Crippen MR) is 76.2 cm³/mol. The minimum absolute atomic E-state index is 0.693. The lowest BCUT2D eigenvalue weighted by Crippen LogP contribution is -2.02. The third-order valence-corrected chi connectivity index (χ3v) is 3.45. The van der Waals surface area contributed by atoms with Crippen LogP contribution in [-0.2, 0) is 0 Å². The van der Waals surface area contributed by atoms with E-state index in [-0.39, 0.29) is 0 Å². The van der Waals surface area contributed by atoms with Crippen LogP contribution in [0.4, 0.5) is 0 Å². The minimum Gasteiger partial charge on any atom is -0.494 e. The van der Waals surface area contributed by atoms with Crippen LogP contribution in [0.15, 0.2) is 35.0 Å². The third-order valence-electron chi connectivity index (χ3n) is 2.40. The minimum atomic E-state index is 0.693. The molecule has 2 aromatic rings. The van der Waals surface area contributed by atoms with Gasteiger partial charge in [0.15, 0.2) is 0 Å². The van der Waals surface area contributed by atoms with E-state index >= 15 is 0 Å². The summed E-state index contributed by atoms with van der Waals surface area (Å²) in [7, 11) is 1.63. The summed E-state index contributed by atoms with van der Waals surface area (Å²) in [6, 6.07) is 5.87. The van der Waals surface area contributed by atoms with Crippen LogP contribution < -0.4 is 4.74 Å². The van der Waals surface area contributed by atoms with Crippen molar-refractivity contribution in [3.63, 3.8) is 0 Å². The molecule has 2 rings (SSSR count). The van der Waals surface area contributed by atoms with Crippen LogP contribution in [0.5, 0.6) is 5.75 Å². The lowest BCUT2D eigenvalue weighted by Gasteiger charge is -2.09. The Labute approximate surface area is 120 Å². The molecule has 100 valence electrons. The molecule has 7 heteroatoms. The fourth-order valence-electron chi connectivity index (χ4n) is 1.54. The third kappa shape index (κ3) is 3.27. The number of halogens is 1. The number of benzene rings is 1. The Kier molecular flexibility index (Phi) is 4.81. The maximum Gasteiger partial charge on any atom is 0.214 e. The second kappa shape index (κ2) is 6.58. The van der Waals surface area contributed by atoms with Gasteiger partial charge < -0.3 is 4.74 Å². The molecule has 1 aromatic heterocycles. The second-order valence-electron chi connectivity index (χ2n) is 3.72. The molecule has 1 heterocycles. The highest BCUT2D eigenvalue weighted by Crippen LogP contribution is 2.26. The van der Waals surface area contributed by atoms with E-state index in [2.05, 4.69) is 15.5 Å². The van der Waals surface area contributed by atoms with Gasteiger partial charge in [0, 0.05) is 11.3 Å². The molecule has 0 unspecified atom stereocenters. The molecule has 0 aliphatic heterocycles. The number of nitrogens with zero attached hydrogens (tertiary/aromatic N) is 4. The molecule has 0 radical (unpaired) electrons. The lowest BCUT2D eigenvalue weighted by molar-refractivity contribution is 0.410. The number of aryl methyl sites for hydroxylation is 1. The highest BCUT2D eigenvalue weighted by atomic mass is 35.5. The average molecular weight is 297 g/mol. The van der Waals surface area contributed by atoms with Gasteiger partial charge in [-0.2, -0.15) is 4.68 Å². The van der Waals surface area contributed by atoms with Crippen LogP contribution >= 0.6 is 23.4 Å². The highest BCUT2D eigenvalue weighted by Gasteiger charge is 2.13. The van der Waals surface area contributed by atoms with Crippen LogP contribution in [0.3, 0.4) is 0 Å². The number of aromatic nitrogens is 4. The summed E-state index contributed by atoms with van der Waals surface area (Å²) in [5.41, 5.74) is 3.42. The van der Waals surface area contributed by atoms with Crippen molar-refractivity contribution in [1.82, 2.24) is 20.2 Å². The van der Waals surface area contributed by atoms with Gasteiger partial charge in [0.25, 0.3) is 0 Å². The van der Waals surface area contributed by atoms with E-state index in [1.165, 1.54) is 17.3 Å². The highest BCUT2D eigenvalue weighted by molar-refractivity contribution is 7.99. The molecule has 0 saturated heterocycles. The zero-order valence-corrected chi connectivity index (χ0v) is 12.1. The van der Waals surface area contributed by atoms with Gasteiger partial charge in [0.2, 0.25) is 5.16 Å².